The number of ether oxygens (including phenoxy) is 1. The number of morpholine rings is 1. The Hall–Kier alpha value is -0.870. The van der Waals surface area contributed by atoms with Crippen LogP contribution in [0.1, 0.15) is 38.9 Å². The molecule has 0 aromatic carbocycles. The third-order valence-electron chi connectivity index (χ3n) is 3.43. The van der Waals surface area contributed by atoms with E-state index in [-0.39, 0.29) is 6.10 Å². The Morgan fingerprint density at radius 1 is 1.44 bits per heavy atom. The molecule has 4 heteroatoms. The minimum absolute atomic E-state index is 0.187. The molecule has 1 aromatic heterocycles. The molecule has 4 nitrogen and oxygen atoms in total. The van der Waals surface area contributed by atoms with E-state index < -0.39 is 0 Å². The zero-order chi connectivity index (χ0) is 13.2. The summed E-state index contributed by atoms with van der Waals surface area (Å²) >= 11 is 0. The first kappa shape index (κ1) is 13.6. The molecule has 0 unspecified atom stereocenters. The van der Waals surface area contributed by atoms with Crippen LogP contribution in [0.15, 0.2) is 12.4 Å². The minimum atomic E-state index is 0.187. The van der Waals surface area contributed by atoms with Crippen molar-refractivity contribution in [2.75, 3.05) is 26.2 Å². The van der Waals surface area contributed by atoms with Crippen LogP contribution in [0.3, 0.4) is 0 Å². The van der Waals surface area contributed by atoms with Gasteiger partial charge >= 0.3 is 0 Å². The van der Waals surface area contributed by atoms with Crippen molar-refractivity contribution in [3.05, 3.63) is 18.0 Å². The first-order chi connectivity index (χ1) is 8.44. The van der Waals surface area contributed by atoms with Crippen molar-refractivity contribution in [2.45, 2.75) is 33.3 Å². The van der Waals surface area contributed by atoms with Gasteiger partial charge in [0, 0.05) is 31.9 Å². The molecule has 18 heavy (non-hydrogen) atoms. The van der Waals surface area contributed by atoms with Crippen LogP contribution in [-0.4, -0.2) is 40.9 Å². The van der Waals surface area contributed by atoms with Gasteiger partial charge in [-0.1, -0.05) is 20.8 Å². The predicted molar refractivity (Wildman–Crippen MR) is 72.4 cm³/mol. The predicted octanol–water partition coefficient (Wildman–Crippen LogP) is 2.23. The molecule has 0 aliphatic carbocycles. The summed E-state index contributed by atoms with van der Waals surface area (Å²) in [4.78, 5) is 2.51. The lowest BCUT2D eigenvalue weighted by Crippen LogP contribution is -2.39. The molecule has 1 aliphatic heterocycles. The Morgan fingerprint density at radius 3 is 2.83 bits per heavy atom. The minimum Gasteiger partial charge on any atom is -0.371 e. The maximum Gasteiger partial charge on any atom is 0.0982 e. The zero-order valence-electron chi connectivity index (χ0n) is 12.0. The molecule has 102 valence electrons. The molecule has 0 spiro atoms. The third kappa shape index (κ3) is 3.82. The second-order valence-corrected chi connectivity index (χ2v) is 6.42. The first-order valence-electron chi connectivity index (χ1n) is 6.76. The van der Waals surface area contributed by atoms with E-state index in [0.29, 0.717) is 5.41 Å². The van der Waals surface area contributed by atoms with Crippen LogP contribution >= 0.6 is 0 Å². The Balaban J connectivity index is 1.88. The summed E-state index contributed by atoms with van der Waals surface area (Å²) in [5, 5.41) is 4.22. The zero-order valence-corrected chi connectivity index (χ0v) is 12.0. The number of hydrogen-bond donors (Lipinski definition) is 0. The van der Waals surface area contributed by atoms with Crippen LogP contribution in [0.5, 0.6) is 0 Å². The van der Waals surface area contributed by atoms with Gasteiger partial charge in [-0.05, 0) is 18.4 Å². The molecule has 1 fully saturated rings. The number of aryl methyl sites for hydroxylation is 1. The molecular weight excluding hydrogens is 226 g/mol. The van der Waals surface area contributed by atoms with Gasteiger partial charge in [-0.25, -0.2) is 0 Å². The van der Waals surface area contributed by atoms with E-state index >= 15 is 0 Å². The average Bonchev–Trinajstić information content (AvgIpc) is 2.73. The largest absolute Gasteiger partial charge is 0.371 e. The fraction of sp³-hybridized carbons (Fsp3) is 0.786. The van der Waals surface area contributed by atoms with Gasteiger partial charge < -0.3 is 4.74 Å². The quantitative estimate of drug-likeness (QED) is 0.825. The number of nitrogens with zero attached hydrogens (tertiary/aromatic N) is 3. The fourth-order valence-corrected chi connectivity index (χ4v) is 2.21. The molecule has 2 heterocycles. The highest BCUT2D eigenvalue weighted by molar-refractivity contribution is 5.09. The second-order valence-electron chi connectivity index (χ2n) is 6.42. The summed E-state index contributed by atoms with van der Waals surface area (Å²) < 4.78 is 7.68. The SMILES string of the molecule is Cn1cc([C@H]2CN(CCC(C)(C)C)CCO2)cn1. The van der Waals surface area contributed by atoms with Gasteiger partial charge in [-0.15, -0.1) is 0 Å². The fourth-order valence-electron chi connectivity index (χ4n) is 2.21. The van der Waals surface area contributed by atoms with Gasteiger partial charge in [0.15, 0.2) is 0 Å². The molecule has 1 aliphatic rings. The Morgan fingerprint density at radius 2 is 2.22 bits per heavy atom. The summed E-state index contributed by atoms with van der Waals surface area (Å²) in [5.41, 5.74) is 1.60. The summed E-state index contributed by atoms with van der Waals surface area (Å²) in [7, 11) is 1.95. The molecular formula is C14H25N3O. The molecule has 0 radical (unpaired) electrons. The molecule has 1 aromatic rings. The first-order valence-corrected chi connectivity index (χ1v) is 6.76. The molecule has 0 bridgehead atoms. The highest BCUT2D eigenvalue weighted by Gasteiger charge is 2.23. The van der Waals surface area contributed by atoms with Crippen LogP contribution in [0.2, 0.25) is 0 Å². The van der Waals surface area contributed by atoms with Crippen LogP contribution in [0.25, 0.3) is 0 Å². The molecule has 1 saturated heterocycles. The van der Waals surface area contributed by atoms with Crippen molar-refractivity contribution in [1.29, 1.82) is 0 Å². The van der Waals surface area contributed by atoms with Gasteiger partial charge in [0.1, 0.15) is 0 Å². The summed E-state index contributed by atoms with van der Waals surface area (Å²) in [6.45, 7) is 10.9. The molecule has 0 amide bonds. The van der Waals surface area contributed by atoms with E-state index in [1.54, 1.807) is 0 Å². The normalized spacial score (nSPS) is 22.3. The Bertz CT molecular complexity index is 381. The van der Waals surface area contributed by atoms with Crippen LogP contribution in [0.4, 0.5) is 0 Å². The van der Waals surface area contributed by atoms with Crippen molar-refractivity contribution in [3.63, 3.8) is 0 Å². The van der Waals surface area contributed by atoms with E-state index in [9.17, 15) is 0 Å². The maximum atomic E-state index is 5.84. The number of hydrogen-bond acceptors (Lipinski definition) is 3. The highest BCUT2D eigenvalue weighted by atomic mass is 16.5. The van der Waals surface area contributed by atoms with Gasteiger partial charge in [-0.2, -0.15) is 5.10 Å². The smallest absolute Gasteiger partial charge is 0.0982 e. The molecule has 1 atom stereocenters. The summed E-state index contributed by atoms with van der Waals surface area (Å²) in [6.07, 6.45) is 5.38. The number of aromatic nitrogens is 2. The van der Waals surface area contributed by atoms with Gasteiger partial charge in [0.25, 0.3) is 0 Å². The lowest BCUT2D eigenvalue weighted by atomic mass is 9.92. The molecule has 0 saturated carbocycles. The van der Waals surface area contributed by atoms with Crippen molar-refractivity contribution in [3.8, 4) is 0 Å². The lowest BCUT2D eigenvalue weighted by molar-refractivity contribution is -0.0325. The van der Waals surface area contributed by atoms with Crippen molar-refractivity contribution < 1.29 is 4.74 Å². The van der Waals surface area contributed by atoms with E-state index in [4.69, 9.17) is 4.74 Å². The van der Waals surface area contributed by atoms with Gasteiger partial charge in [0.05, 0.1) is 18.9 Å². The van der Waals surface area contributed by atoms with E-state index in [1.165, 1.54) is 12.0 Å². The molecule has 2 rings (SSSR count). The second kappa shape index (κ2) is 5.41. The standard InChI is InChI=1S/C14H25N3O/c1-14(2,3)5-6-17-7-8-18-13(11-17)12-9-15-16(4)10-12/h9-10,13H,5-8,11H2,1-4H3/t13-/m1/s1. The van der Waals surface area contributed by atoms with Crippen LogP contribution in [0, 0.1) is 5.41 Å². The topological polar surface area (TPSA) is 30.3 Å². The van der Waals surface area contributed by atoms with Crippen LogP contribution < -0.4 is 0 Å². The summed E-state index contributed by atoms with van der Waals surface area (Å²) in [5.74, 6) is 0. The number of rotatable bonds is 3. The van der Waals surface area contributed by atoms with Gasteiger partial charge in [0.2, 0.25) is 0 Å². The van der Waals surface area contributed by atoms with Crippen molar-refractivity contribution >= 4 is 0 Å². The van der Waals surface area contributed by atoms with Crippen LogP contribution in [-0.2, 0) is 11.8 Å². The monoisotopic (exact) mass is 251 g/mol. The maximum absolute atomic E-state index is 5.84. The molecule has 0 N–H and O–H groups in total. The van der Waals surface area contributed by atoms with E-state index in [2.05, 4.69) is 37.0 Å². The van der Waals surface area contributed by atoms with E-state index in [1.807, 2.05) is 17.9 Å². The Labute approximate surface area is 110 Å². The van der Waals surface area contributed by atoms with Crippen molar-refractivity contribution in [2.24, 2.45) is 12.5 Å². The van der Waals surface area contributed by atoms with E-state index in [0.717, 1.165) is 26.2 Å². The Kier molecular flexibility index (Phi) is 4.07. The summed E-state index contributed by atoms with van der Waals surface area (Å²) in [6, 6.07) is 0. The highest BCUT2D eigenvalue weighted by Crippen LogP contribution is 2.24. The van der Waals surface area contributed by atoms with Gasteiger partial charge in [-0.3, -0.25) is 9.58 Å². The average molecular weight is 251 g/mol. The lowest BCUT2D eigenvalue weighted by Gasteiger charge is -2.34. The van der Waals surface area contributed by atoms with Crippen molar-refractivity contribution in [1.82, 2.24) is 14.7 Å². The third-order valence-corrected chi connectivity index (χ3v) is 3.43.